The van der Waals surface area contributed by atoms with Gasteiger partial charge in [0, 0.05) is 12.6 Å². The maximum absolute atomic E-state index is 13.3. The van der Waals surface area contributed by atoms with Crippen LogP contribution in [0, 0.1) is 5.92 Å². The van der Waals surface area contributed by atoms with Crippen molar-refractivity contribution < 1.29 is 22.8 Å². The number of carbonyl (C=O) groups is 3. The molecule has 2 aliphatic heterocycles. The fourth-order valence-corrected chi connectivity index (χ4v) is 5.96. The first kappa shape index (κ1) is 22.3. The predicted octanol–water partition coefficient (Wildman–Crippen LogP) is 1.52. The number of nitrogens with one attached hydrogen (secondary N) is 1. The molecular formula is C21H29N3O5S. The van der Waals surface area contributed by atoms with Crippen LogP contribution < -0.4 is 5.32 Å². The molecule has 3 rings (SSSR count). The Morgan fingerprint density at radius 2 is 1.93 bits per heavy atom. The van der Waals surface area contributed by atoms with E-state index in [0.29, 0.717) is 24.9 Å². The zero-order valence-electron chi connectivity index (χ0n) is 17.6. The molecule has 1 N–H and O–H groups in total. The number of sulfone groups is 1. The van der Waals surface area contributed by atoms with E-state index in [2.05, 4.69) is 5.32 Å². The van der Waals surface area contributed by atoms with Crippen molar-refractivity contribution in [3.8, 4) is 0 Å². The molecule has 1 aromatic carbocycles. The Balaban J connectivity index is 1.82. The summed E-state index contributed by atoms with van der Waals surface area (Å²) in [5.74, 6) is -0.767. The summed E-state index contributed by atoms with van der Waals surface area (Å²) in [4.78, 5) is 41.5. The van der Waals surface area contributed by atoms with E-state index in [1.807, 2.05) is 26.8 Å². The Hall–Kier alpha value is -2.42. The van der Waals surface area contributed by atoms with Crippen LogP contribution in [0.5, 0.6) is 0 Å². The third-order valence-electron chi connectivity index (χ3n) is 5.80. The summed E-state index contributed by atoms with van der Waals surface area (Å²) >= 11 is 0. The summed E-state index contributed by atoms with van der Waals surface area (Å²) in [6, 6.07) is 7.95. The van der Waals surface area contributed by atoms with E-state index in [-0.39, 0.29) is 17.4 Å². The van der Waals surface area contributed by atoms with Gasteiger partial charge in [-0.25, -0.2) is 13.2 Å². The smallest absolute Gasteiger partial charge is 0.325 e. The van der Waals surface area contributed by atoms with Gasteiger partial charge in [-0.15, -0.1) is 0 Å². The molecule has 30 heavy (non-hydrogen) atoms. The van der Waals surface area contributed by atoms with E-state index in [1.54, 1.807) is 24.3 Å². The lowest BCUT2D eigenvalue weighted by Gasteiger charge is -2.31. The van der Waals surface area contributed by atoms with E-state index in [4.69, 9.17) is 0 Å². The van der Waals surface area contributed by atoms with Gasteiger partial charge in [-0.1, -0.05) is 51.1 Å². The molecule has 2 saturated heterocycles. The highest BCUT2D eigenvalue weighted by atomic mass is 32.2. The molecule has 0 bridgehead atoms. The van der Waals surface area contributed by atoms with E-state index in [9.17, 15) is 22.8 Å². The second kappa shape index (κ2) is 8.37. The largest absolute Gasteiger partial charge is 0.337 e. The molecular weight excluding hydrogens is 406 g/mol. The van der Waals surface area contributed by atoms with Crippen molar-refractivity contribution >= 4 is 27.7 Å². The number of rotatable bonds is 7. The van der Waals surface area contributed by atoms with Crippen molar-refractivity contribution in [2.24, 2.45) is 5.92 Å². The lowest BCUT2D eigenvalue weighted by atomic mass is 9.87. The van der Waals surface area contributed by atoms with E-state index < -0.39 is 45.8 Å². The van der Waals surface area contributed by atoms with Crippen LogP contribution >= 0.6 is 0 Å². The van der Waals surface area contributed by atoms with Gasteiger partial charge in [-0.2, -0.15) is 0 Å². The van der Waals surface area contributed by atoms with Crippen molar-refractivity contribution in [2.45, 2.75) is 45.2 Å². The molecule has 2 heterocycles. The number of nitrogens with zero attached hydrogens (tertiary/aromatic N) is 2. The molecule has 164 valence electrons. The Morgan fingerprint density at radius 1 is 1.27 bits per heavy atom. The van der Waals surface area contributed by atoms with Gasteiger partial charge in [0.1, 0.15) is 12.1 Å². The minimum absolute atomic E-state index is 0.0512. The second-order valence-electron chi connectivity index (χ2n) is 8.44. The first-order chi connectivity index (χ1) is 14.1. The fourth-order valence-electron chi connectivity index (χ4n) is 4.23. The standard InChI is InChI=1S/C21H29N3O5S/c1-4-21(16-8-6-5-7-9-16)19(26)24(20(27)22-21)13-18(25)23(12-15(2)3)17-10-11-30(28,29)14-17/h5-9,15,17H,4,10-14H2,1-3H3,(H,22,27)/t17-,21-/m1/s1. The van der Waals surface area contributed by atoms with Crippen LogP contribution in [0.15, 0.2) is 30.3 Å². The topological polar surface area (TPSA) is 104 Å². The number of hydrogen-bond donors (Lipinski definition) is 1. The van der Waals surface area contributed by atoms with Crippen molar-refractivity contribution in [2.75, 3.05) is 24.6 Å². The number of amides is 4. The summed E-state index contributed by atoms with van der Waals surface area (Å²) < 4.78 is 23.8. The molecule has 0 aromatic heterocycles. The highest BCUT2D eigenvalue weighted by molar-refractivity contribution is 7.91. The molecule has 1 aromatic rings. The molecule has 0 spiro atoms. The molecule has 8 nitrogen and oxygen atoms in total. The van der Waals surface area contributed by atoms with Crippen LogP contribution in [0.1, 0.15) is 39.2 Å². The van der Waals surface area contributed by atoms with Gasteiger partial charge >= 0.3 is 6.03 Å². The van der Waals surface area contributed by atoms with Gasteiger partial charge in [0.15, 0.2) is 9.84 Å². The van der Waals surface area contributed by atoms with Gasteiger partial charge in [-0.05, 0) is 24.3 Å². The molecule has 0 radical (unpaired) electrons. The zero-order valence-corrected chi connectivity index (χ0v) is 18.4. The molecule has 0 saturated carbocycles. The molecule has 2 atom stereocenters. The molecule has 4 amide bonds. The Labute approximate surface area is 177 Å². The monoisotopic (exact) mass is 435 g/mol. The average Bonchev–Trinajstić information content (AvgIpc) is 3.18. The highest BCUT2D eigenvalue weighted by Crippen LogP contribution is 2.32. The number of urea groups is 1. The van der Waals surface area contributed by atoms with Gasteiger partial charge < -0.3 is 10.2 Å². The van der Waals surface area contributed by atoms with Crippen LogP contribution in [0.25, 0.3) is 0 Å². The minimum Gasteiger partial charge on any atom is -0.337 e. The van der Waals surface area contributed by atoms with E-state index in [1.165, 1.54) is 4.90 Å². The molecule has 2 aliphatic rings. The van der Waals surface area contributed by atoms with Crippen molar-refractivity contribution in [1.82, 2.24) is 15.1 Å². The maximum Gasteiger partial charge on any atom is 0.325 e. The van der Waals surface area contributed by atoms with Crippen LogP contribution in [0.3, 0.4) is 0 Å². The van der Waals surface area contributed by atoms with Crippen LogP contribution in [0.4, 0.5) is 4.79 Å². The SMILES string of the molecule is CC[C@]1(c2ccccc2)NC(=O)N(CC(=O)N(CC(C)C)[C@@H]2CCS(=O)(=O)C2)C1=O. The summed E-state index contributed by atoms with van der Waals surface area (Å²) in [5.41, 5.74) is -0.528. The summed E-state index contributed by atoms with van der Waals surface area (Å²) in [5, 5.41) is 2.77. The van der Waals surface area contributed by atoms with Gasteiger partial charge in [0.05, 0.1) is 11.5 Å². The third kappa shape index (κ3) is 4.21. The summed E-state index contributed by atoms with van der Waals surface area (Å²) in [6.45, 7) is 5.66. The number of imide groups is 1. The first-order valence-electron chi connectivity index (χ1n) is 10.3. The van der Waals surface area contributed by atoms with Crippen LogP contribution in [-0.4, -0.2) is 66.7 Å². The zero-order chi connectivity index (χ0) is 22.1. The average molecular weight is 436 g/mol. The van der Waals surface area contributed by atoms with Gasteiger partial charge in [-0.3, -0.25) is 14.5 Å². The van der Waals surface area contributed by atoms with Crippen molar-refractivity contribution in [1.29, 1.82) is 0 Å². The number of carbonyl (C=O) groups excluding carboxylic acids is 3. The lowest BCUT2D eigenvalue weighted by Crippen LogP contribution is -2.49. The minimum atomic E-state index is -3.17. The molecule has 0 unspecified atom stereocenters. The Morgan fingerprint density at radius 3 is 2.47 bits per heavy atom. The van der Waals surface area contributed by atoms with Crippen LogP contribution in [-0.2, 0) is 25.0 Å². The second-order valence-corrected chi connectivity index (χ2v) is 10.7. The maximum atomic E-state index is 13.3. The Bertz CT molecular complexity index is 931. The number of benzene rings is 1. The third-order valence-corrected chi connectivity index (χ3v) is 7.55. The summed E-state index contributed by atoms with van der Waals surface area (Å²) in [7, 11) is -3.17. The molecule has 9 heteroatoms. The molecule has 0 aliphatic carbocycles. The van der Waals surface area contributed by atoms with Crippen molar-refractivity contribution in [3.63, 3.8) is 0 Å². The normalized spacial score (nSPS) is 25.6. The Kier molecular flexibility index (Phi) is 6.21. The summed E-state index contributed by atoms with van der Waals surface area (Å²) in [6.07, 6.45) is 0.729. The van der Waals surface area contributed by atoms with Crippen molar-refractivity contribution in [3.05, 3.63) is 35.9 Å². The van der Waals surface area contributed by atoms with E-state index in [0.717, 1.165) is 4.90 Å². The van der Waals surface area contributed by atoms with Gasteiger partial charge in [0.25, 0.3) is 5.91 Å². The number of hydrogen-bond acceptors (Lipinski definition) is 5. The predicted molar refractivity (Wildman–Crippen MR) is 112 cm³/mol. The molecule has 2 fully saturated rings. The highest BCUT2D eigenvalue weighted by Gasteiger charge is 2.52. The van der Waals surface area contributed by atoms with Crippen LogP contribution in [0.2, 0.25) is 0 Å². The quantitative estimate of drug-likeness (QED) is 0.654. The lowest BCUT2D eigenvalue weighted by molar-refractivity contribution is -0.140. The van der Waals surface area contributed by atoms with Gasteiger partial charge in [0.2, 0.25) is 5.91 Å². The van der Waals surface area contributed by atoms with E-state index >= 15 is 0 Å². The first-order valence-corrected chi connectivity index (χ1v) is 12.1. The fraction of sp³-hybridized carbons (Fsp3) is 0.571.